The van der Waals surface area contributed by atoms with Gasteiger partial charge in [0.25, 0.3) is 0 Å². The van der Waals surface area contributed by atoms with E-state index < -0.39 is 0 Å². The van der Waals surface area contributed by atoms with E-state index in [1.807, 2.05) is 13.0 Å². The number of aromatic nitrogens is 2. The van der Waals surface area contributed by atoms with E-state index in [1.165, 1.54) is 8.66 Å². The molecule has 0 aliphatic rings. The summed E-state index contributed by atoms with van der Waals surface area (Å²) < 4.78 is 1.18. The molecule has 2 heterocycles. The zero-order chi connectivity index (χ0) is 13.7. The highest BCUT2D eigenvalue weighted by atomic mass is 79.9. The van der Waals surface area contributed by atoms with Gasteiger partial charge in [-0.15, -0.1) is 11.3 Å². The number of anilines is 2. The van der Waals surface area contributed by atoms with Crippen LogP contribution < -0.4 is 10.6 Å². The molecule has 0 bridgehead atoms. The lowest BCUT2D eigenvalue weighted by atomic mass is 10.3. The third-order valence-electron chi connectivity index (χ3n) is 2.50. The monoisotopic (exact) mass is 340 g/mol. The number of rotatable bonds is 6. The molecule has 0 aliphatic heterocycles. The molecule has 4 nitrogen and oxygen atoms in total. The molecular weight excluding hydrogens is 324 g/mol. The van der Waals surface area contributed by atoms with Gasteiger partial charge in [-0.3, -0.25) is 0 Å². The zero-order valence-corrected chi connectivity index (χ0v) is 13.4. The normalized spacial score (nSPS) is 10.5. The fraction of sp³-hybridized carbons (Fsp3) is 0.385. The summed E-state index contributed by atoms with van der Waals surface area (Å²) in [6, 6.07) is 6.17. The third-order valence-corrected chi connectivity index (χ3v) is 4.19. The molecule has 102 valence electrons. The van der Waals surface area contributed by atoms with Gasteiger partial charge in [0.1, 0.15) is 17.5 Å². The molecule has 0 spiro atoms. The number of halogens is 1. The zero-order valence-electron chi connectivity index (χ0n) is 11.0. The second-order valence-corrected chi connectivity index (χ2v) is 6.65. The summed E-state index contributed by atoms with van der Waals surface area (Å²) in [4.78, 5) is 10.1. The smallest absolute Gasteiger partial charge is 0.131 e. The highest BCUT2D eigenvalue weighted by molar-refractivity contribution is 9.11. The molecule has 2 rings (SSSR count). The average Bonchev–Trinajstić information content (AvgIpc) is 2.75. The van der Waals surface area contributed by atoms with Crippen molar-refractivity contribution in [2.75, 3.05) is 23.7 Å². The maximum absolute atomic E-state index is 4.38. The van der Waals surface area contributed by atoms with E-state index >= 15 is 0 Å². The van der Waals surface area contributed by atoms with Crippen LogP contribution in [0.25, 0.3) is 0 Å². The van der Waals surface area contributed by atoms with Crippen molar-refractivity contribution in [1.29, 1.82) is 0 Å². The van der Waals surface area contributed by atoms with Crippen LogP contribution in [-0.4, -0.2) is 23.1 Å². The van der Waals surface area contributed by atoms with Crippen LogP contribution in [-0.2, 0) is 6.42 Å². The van der Waals surface area contributed by atoms with E-state index in [0.717, 1.165) is 37.0 Å². The van der Waals surface area contributed by atoms with Crippen LogP contribution in [0.1, 0.15) is 17.6 Å². The van der Waals surface area contributed by atoms with Gasteiger partial charge in [0, 0.05) is 24.0 Å². The minimum absolute atomic E-state index is 0.778. The van der Waals surface area contributed by atoms with Gasteiger partial charge >= 0.3 is 0 Å². The second kappa shape index (κ2) is 6.86. The van der Waals surface area contributed by atoms with Crippen molar-refractivity contribution in [1.82, 2.24) is 9.97 Å². The lowest BCUT2D eigenvalue weighted by Crippen LogP contribution is -2.08. The molecule has 0 fully saturated rings. The standard InChI is InChI=1S/C13H17BrN4S/c1-3-15-12-8-13(18-9(2)17-12)16-7-6-10-4-5-11(14)19-10/h4-5,8H,3,6-7H2,1-2H3,(H2,15,16,17,18). The molecule has 0 aliphatic carbocycles. The summed E-state index contributed by atoms with van der Waals surface area (Å²) in [7, 11) is 0. The number of thiophene rings is 1. The second-order valence-electron chi connectivity index (χ2n) is 4.10. The minimum Gasteiger partial charge on any atom is -0.370 e. The van der Waals surface area contributed by atoms with Crippen molar-refractivity contribution in [2.45, 2.75) is 20.3 Å². The highest BCUT2D eigenvalue weighted by Crippen LogP contribution is 2.22. The number of nitrogens with zero attached hydrogens (tertiary/aromatic N) is 2. The SMILES string of the molecule is CCNc1cc(NCCc2ccc(Br)s2)nc(C)n1. The molecule has 2 N–H and O–H groups in total. The van der Waals surface area contributed by atoms with Crippen molar-refractivity contribution >= 4 is 38.9 Å². The lowest BCUT2D eigenvalue weighted by molar-refractivity contribution is 0.989. The van der Waals surface area contributed by atoms with E-state index in [4.69, 9.17) is 0 Å². The summed E-state index contributed by atoms with van der Waals surface area (Å²) in [6.45, 7) is 5.69. The fourth-order valence-corrected chi connectivity index (χ4v) is 3.21. The Morgan fingerprint density at radius 1 is 1.21 bits per heavy atom. The van der Waals surface area contributed by atoms with Gasteiger partial charge in [0.2, 0.25) is 0 Å². The summed E-state index contributed by atoms with van der Waals surface area (Å²) in [5, 5.41) is 6.55. The van der Waals surface area contributed by atoms with Crippen LogP contribution in [0.3, 0.4) is 0 Å². The summed E-state index contributed by atoms with van der Waals surface area (Å²) >= 11 is 5.24. The van der Waals surface area contributed by atoms with Crippen molar-refractivity contribution in [3.8, 4) is 0 Å². The first-order valence-corrected chi connectivity index (χ1v) is 7.86. The lowest BCUT2D eigenvalue weighted by Gasteiger charge is -2.08. The highest BCUT2D eigenvalue weighted by Gasteiger charge is 2.02. The summed E-state index contributed by atoms with van der Waals surface area (Å²) in [5.41, 5.74) is 0. The molecule has 0 aromatic carbocycles. The van der Waals surface area contributed by atoms with Gasteiger partial charge in [-0.05, 0) is 48.3 Å². The Hall–Kier alpha value is -1.14. The quantitative estimate of drug-likeness (QED) is 0.841. The minimum atomic E-state index is 0.778. The van der Waals surface area contributed by atoms with Crippen molar-refractivity contribution in [3.05, 3.63) is 32.7 Å². The predicted octanol–water partition coefficient (Wildman–Crippen LogP) is 3.70. The van der Waals surface area contributed by atoms with Crippen LogP contribution in [0.15, 0.2) is 22.0 Å². The Kier molecular flexibility index (Phi) is 5.15. The Labute approximate surface area is 125 Å². The summed E-state index contributed by atoms with van der Waals surface area (Å²) in [5.74, 6) is 2.52. The van der Waals surface area contributed by atoms with E-state index in [2.05, 4.69) is 55.6 Å². The molecule has 2 aromatic heterocycles. The Morgan fingerprint density at radius 2 is 1.95 bits per heavy atom. The van der Waals surface area contributed by atoms with Crippen LogP contribution in [0.4, 0.5) is 11.6 Å². The van der Waals surface area contributed by atoms with Gasteiger partial charge in [0.15, 0.2) is 0 Å². The Morgan fingerprint density at radius 3 is 2.58 bits per heavy atom. The van der Waals surface area contributed by atoms with E-state index in [1.54, 1.807) is 11.3 Å². The molecule has 19 heavy (non-hydrogen) atoms. The number of hydrogen-bond donors (Lipinski definition) is 2. The molecular formula is C13H17BrN4S. The first-order valence-electron chi connectivity index (χ1n) is 6.25. The topological polar surface area (TPSA) is 49.8 Å². The molecule has 0 unspecified atom stereocenters. The number of nitrogens with one attached hydrogen (secondary N) is 2. The Bertz CT molecular complexity index is 541. The third kappa shape index (κ3) is 4.47. The molecule has 0 saturated carbocycles. The predicted molar refractivity (Wildman–Crippen MR) is 85.1 cm³/mol. The Balaban J connectivity index is 1.91. The first kappa shape index (κ1) is 14.3. The van der Waals surface area contributed by atoms with E-state index in [0.29, 0.717) is 0 Å². The van der Waals surface area contributed by atoms with Gasteiger partial charge < -0.3 is 10.6 Å². The average molecular weight is 341 g/mol. The maximum atomic E-state index is 4.38. The van der Waals surface area contributed by atoms with Crippen LogP contribution in [0, 0.1) is 6.92 Å². The fourth-order valence-electron chi connectivity index (χ4n) is 1.73. The molecule has 0 atom stereocenters. The first-order chi connectivity index (χ1) is 9.17. The molecule has 2 aromatic rings. The van der Waals surface area contributed by atoms with Gasteiger partial charge in [-0.1, -0.05) is 0 Å². The molecule has 0 radical (unpaired) electrons. The van der Waals surface area contributed by atoms with Crippen molar-refractivity contribution in [2.24, 2.45) is 0 Å². The summed E-state index contributed by atoms with van der Waals surface area (Å²) in [6.07, 6.45) is 0.996. The largest absolute Gasteiger partial charge is 0.370 e. The van der Waals surface area contributed by atoms with Crippen molar-refractivity contribution in [3.63, 3.8) is 0 Å². The number of aryl methyl sites for hydroxylation is 1. The van der Waals surface area contributed by atoms with Crippen LogP contribution >= 0.6 is 27.3 Å². The van der Waals surface area contributed by atoms with Gasteiger partial charge in [0.05, 0.1) is 3.79 Å². The maximum Gasteiger partial charge on any atom is 0.131 e. The van der Waals surface area contributed by atoms with Crippen LogP contribution in [0.5, 0.6) is 0 Å². The van der Waals surface area contributed by atoms with E-state index in [-0.39, 0.29) is 0 Å². The van der Waals surface area contributed by atoms with Gasteiger partial charge in [-0.25, -0.2) is 9.97 Å². The number of hydrogen-bond acceptors (Lipinski definition) is 5. The van der Waals surface area contributed by atoms with Crippen molar-refractivity contribution < 1.29 is 0 Å². The van der Waals surface area contributed by atoms with Crippen LogP contribution in [0.2, 0.25) is 0 Å². The molecule has 0 saturated heterocycles. The van der Waals surface area contributed by atoms with Gasteiger partial charge in [-0.2, -0.15) is 0 Å². The molecule has 6 heteroatoms. The molecule has 0 amide bonds. The van der Waals surface area contributed by atoms with E-state index in [9.17, 15) is 0 Å².